The van der Waals surface area contributed by atoms with Crippen LogP contribution >= 0.6 is 0 Å². The molecule has 1 aromatic carbocycles. The first-order valence-corrected chi connectivity index (χ1v) is 7.53. The van der Waals surface area contributed by atoms with E-state index in [2.05, 4.69) is 50.9 Å². The van der Waals surface area contributed by atoms with Gasteiger partial charge in [-0.25, -0.2) is 0 Å². The third-order valence-electron chi connectivity index (χ3n) is 4.93. The van der Waals surface area contributed by atoms with Crippen molar-refractivity contribution in [2.45, 2.75) is 52.1 Å². The van der Waals surface area contributed by atoms with Gasteiger partial charge in [0.25, 0.3) is 0 Å². The van der Waals surface area contributed by atoms with Gasteiger partial charge in [0.1, 0.15) is 0 Å². The highest BCUT2D eigenvalue weighted by molar-refractivity contribution is 5.32. The van der Waals surface area contributed by atoms with Gasteiger partial charge in [0, 0.05) is 12.1 Å². The average Bonchev–Trinajstić information content (AvgIpc) is 2.85. The number of nitrogens with zero attached hydrogens (tertiary/aromatic N) is 1. The second-order valence-corrected chi connectivity index (χ2v) is 6.20. The number of aryl methyl sites for hydroxylation is 2. The highest BCUT2D eigenvalue weighted by Gasteiger charge is 2.31. The van der Waals surface area contributed by atoms with Gasteiger partial charge in [0.2, 0.25) is 0 Å². The molecule has 1 aliphatic carbocycles. The number of benzene rings is 1. The molecule has 3 unspecified atom stereocenters. The van der Waals surface area contributed by atoms with E-state index in [4.69, 9.17) is 5.73 Å². The lowest BCUT2D eigenvalue weighted by Gasteiger charge is -2.35. The molecule has 0 radical (unpaired) electrons. The van der Waals surface area contributed by atoms with Crippen molar-refractivity contribution in [2.24, 2.45) is 11.7 Å². The van der Waals surface area contributed by atoms with Crippen LogP contribution in [0.15, 0.2) is 18.2 Å². The molecule has 1 saturated carbocycles. The quantitative estimate of drug-likeness (QED) is 0.898. The molecule has 0 amide bonds. The van der Waals surface area contributed by atoms with Crippen LogP contribution in [0, 0.1) is 19.8 Å². The lowest BCUT2D eigenvalue weighted by molar-refractivity contribution is 0.152. The Morgan fingerprint density at radius 1 is 1.32 bits per heavy atom. The Morgan fingerprint density at radius 2 is 2.05 bits per heavy atom. The van der Waals surface area contributed by atoms with Gasteiger partial charge in [0.05, 0.1) is 0 Å². The van der Waals surface area contributed by atoms with Crippen molar-refractivity contribution < 1.29 is 0 Å². The predicted molar refractivity (Wildman–Crippen MR) is 82.3 cm³/mol. The van der Waals surface area contributed by atoms with Gasteiger partial charge >= 0.3 is 0 Å². The maximum Gasteiger partial charge on any atom is 0.0322 e. The largest absolute Gasteiger partial charge is 0.330 e. The number of hydrogen-bond acceptors (Lipinski definition) is 2. The first-order chi connectivity index (χ1) is 9.04. The van der Waals surface area contributed by atoms with Crippen LogP contribution in [0.25, 0.3) is 0 Å². The summed E-state index contributed by atoms with van der Waals surface area (Å²) in [6.07, 6.45) is 3.93. The van der Waals surface area contributed by atoms with E-state index in [0.29, 0.717) is 18.0 Å². The van der Waals surface area contributed by atoms with Crippen LogP contribution in [0.1, 0.15) is 48.9 Å². The monoisotopic (exact) mass is 260 g/mol. The summed E-state index contributed by atoms with van der Waals surface area (Å²) in [7, 11) is 2.27. The summed E-state index contributed by atoms with van der Waals surface area (Å²) in [5.74, 6) is 0.679. The topological polar surface area (TPSA) is 29.3 Å². The SMILES string of the molecule is Cc1ccc(C(C)N(C)C2CCCC2CN)c(C)c1. The Hall–Kier alpha value is -0.860. The van der Waals surface area contributed by atoms with Gasteiger partial charge in [-0.2, -0.15) is 0 Å². The first kappa shape index (κ1) is 14.5. The third-order valence-corrected chi connectivity index (χ3v) is 4.93. The second-order valence-electron chi connectivity index (χ2n) is 6.20. The van der Waals surface area contributed by atoms with Crippen LogP contribution in [0.3, 0.4) is 0 Å². The van der Waals surface area contributed by atoms with Crippen LogP contribution in [0.4, 0.5) is 0 Å². The lowest BCUT2D eigenvalue weighted by Crippen LogP contribution is -2.39. The zero-order valence-corrected chi connectivity index (χ0v) is 12.8. The van der Waals surface area contributed by atoms with E-state index >= 15 is 0 Å². The molecule has 2 rings (SSSR count). The molecule has 2 nitrogen and oxygen atoms in total. The fraction of sp³-hybridized carbons (Fsp3) is 0.647. The maximum atomic E-state index is 5.92. The van der Waals surface area contributed by atoms with Gasteiger partial charge in [-0.05, 0) is 64.3 Å². The molecular weight excluding hydrogens is 232 g/mol. The molecule has 2 N–H and O–H groups in total. The van der Waals surface area contributed by atoms with Crippen molar-refractivity contribution in [2.75, 3.05) is 13.6 Å². The minimum atomic E-state index is 0.470. The van der Waals surface area contributed by atoms with Crippen LogP contribution in [-0.4, -0.2) is 24.5 Å². The van der Waals surface area contributed by atoms with Crippen molar-refractivity contribution in [1.29, 1.82) is 0 Å². The summed E-state index contributed by atoms with van der Waals surface area (Å²) >= 11 is 0. The molecule has 106 valence electrons. The molecule has 0 heterocycles. The molecule has 0 saturated heterocycles. The third kappa shape index (κ3) is 3.01. The van der Waals surface area contributed by atoms with Crippen molar-refractivity contribution in [1.82, 2.24) is 4.90 Å². The first-order valence-electron chi connectivity index (χ1n) is 7.53. The number of nitrogens with two attached hydrogens (primary N) is 1. The van der Waals surface area contributed by atoms with E-state index in [1.165, 1.54) is 36.0 Å². The van der Waals surface area contributed by atoms with E-state index < -0.39 is 0 Å². The van der Waals surface area contributed by atoms with E-state index in [0.717, 1.165) is 6.54 Å². The van der Waals surface area contributed by atoms with Gasteiger partial charge in [-0.15, -0.1) is 0 Å². The number of hydrogen-bond donors (Lipinski definition) is 1. The minimum absolute atomic E-state index is 0.470. The Morgan fingerprint density at radius 3 is 2.68 bits per heavy atom. The standard InChI is InChI=1S/C17H28N2/c1-12-8-9-16(13(2)10-12)14(3)19(4)17-7-5-6-15(17)11-18/h8-10,14-15,17H,5-7,11,18H2,1-4H3. The highest BCUT2D eigenvalue weighted by atomic mass is 15.2. The van der Waals surface area contributed by atoms with Crippen LogP contribution < -0.4 is 5.73 Å². The molecule has 0 spiro atoms. The molecule has 1 aromatic rings. The van der Waals surface area contributed by atoms with Crippen molar-refractivity contribution in [3.05, 3.63) is 34.9 Å². The van der Waals surface area contributed by atoms with Crippen LogP contribution in [-0.2, 0) is 0 Å². The fourth-order valence-corrected chi connectivity index (χ4v) is 3.63. The molecule has 19 heavy (non-hydrogen) atoms. The second kappa shape index (κ2) is 6.06. The van der Waals surface area contributed by atoms with Gasteiger partial charge in [-0.3, -0.25) is 4.90 Å². The summed E-state index contributed by atoms with van der Waals surface area (Å²) in [6, 6.07) is 7.92. The Labute approximate surface area is 118 Å². The van der Waals surface area contributed by atoms with Crippen molar-refractivity contribution in [3.63, 3.8) is 0 Å². The predicted octanol–water partition coefficient (Wildman–Crippen LogP) is 3.42. The van der Waals surface area contributed by atoms with Gasteiger partial charge in [0.15, 0.2) is 0 Å². The van der Waals surface area contributed by atoms with Gasteiger partial charge < -0.3 is 5.73 Å². The Bertz CT molecular complexity index is 427. The highest BCUT2D eigenvalue weighted by Crippen LogP contribution is 2.34. The summed E-state index contributed by atoms with van der Waals surface area (Å²) in [5.41, 5.74) is 10.1. The Kier molecular flexibility index (Phi) is 4.64. The van der Waals surface area contributed by atoms with Crippen LogP contribution in [0.2, 0.25) is 0 Å². The summed E-state index contributed by atoms with van der Waals surface area (Å²) in [6.45, 7) is 7.53. The Balaban J connectivity index is 2.16. The molecular formula is C17H28N2. The van der Waals surface area contributed by atoms with E-state index in [1.807, 2.05) is 0 Å². The zero-order chi connectivity index (χ0) is 14.0. The van der Waals surface area contributed by atoms with Gasteiger partial charge in [-0.1, -0.05) is 30.2 Å². The van der Waals surface area contributed by atoms with E-state index in [9.17, 15) is 0 Å². The molecule has 0 aromatic heterocycles. The molecule has 2 heteroatoms. The average molecular weight is 260 g/mol. The van der Waals surface area contributed by atoms with Crippen molar-refractivity contribution >= 4 is 0 Å². The van der Waals surface area contributed by atoms with Crippen LogP contribution in [0.5, 0.6) is 0 Å². The van der Waals surface area contributed by atoms with E-state index in [-0.39, 0.29) is 0 Å². The lowest BCUT2D eigenvalue weighted by atomic mass is 9.96. The molecule has 1 aliphatic rings. The summed E-state index contributed by atoms with van der Waals surface area (Å²) in [5, 5.41) is 0. The minimum Gasteiger partial charge on any atom is -0.330 e. The molecule has 0 aliphatic heterocycles. The normalized spacial score (nSPS) is 24.9. The smallest absolute Gasteiger partial charge is 0.0322 e. The number of rotatable bonds is 4. The van der Waals surface area contributed by atoms with E-state index in [1.54, 1.807) is 0 Å². The molecule has 3 atom stereocenters. The summed E-state index contributed by atoms with van der Waals surface area (Å²) < 4.78 is 0. The molecule has 0 bridgehead atoms. The fourth-order valence-electron chi connectivity index (χ4n) is 3.63. The maximum absolute atomic E-state index is 5.92. The molecule has 1 fully saturated rings. The summed E-state index contributed by atoms with van der Waals surface area (Å²) in [4.78, 5) is 2.54. The van der Waals surface area contributed by atoms with Crippen molar-refractivity contribution in [3.8, 4) is 0 Å². The zero-order valence-electron chi connectivity index (χ0n) is 12.8.